The van der Waals surface area contributed by atoms with E-state index < -0.39 is 29.0 Å². The second-order valence-electron chi connectivity index (χ2n) is 7.33. The van der Waals surface area contributed by atoms with E-state index in [4.69, 9.17) is 0 Å². The fraction of sp³-hybridized carbons (Fsp3) is 0.400. The molecule has 2 heterocycles. The summed E-state index contributed by atoms with van der Waals surface area (Å²) >= 11 is 0. The summed E-state index contributed by atoms with van der Waals surface area (Å²) in [6.45, 7) is 3.54. The van der Waals surface area contributed by atoms with E-state index in [1.807, 2.05) is 11.9 Å². The SMILES string of the molecule is CN1CCN(CC(=O)NCc2nc(O)c(O)c(C(=O)NCc3ccc(F)cc3)n2)CC1. The fourth-order valence-electron chi connectivity index (χ4n) is 3.04. The maximum absolute atomic E-state index is 13.0. The molecule has 2 aromatic rings. The van der Waals surface area contributed by atoms with Crippen LogP contribution in [0.1, 0.15) is 21.9 Å². The van der Waals surface area contributed by atoms with Gasteiger partial charge in [0.1, 0.15) is 5.82 Å². The van der Waals surface area contributed by atoms with Crippen LogP contribution in [0, 0.1) is 5.82 Å². The number of benzene rings is 1. The first-order chi connectivity index (χ1) is 14.8. The number of piperazine rings is 1. The first-order valence-electron chi connectivity index (χ1n) is 9.81. The Bertz CT molecular complexity index is 932. The molecule has 11 heteroatoms. The quantitative estimate of drug-likeness (QED) is 0.474. The lowest BCUT2D eigenvalue weighted by Gasteiger charge is -2.31. The van der Waals surface area contributed by atoms with Crippen molar-refractivity contribution in [2.45, 2.75) is 13.1 Å². The van der Waals surface area contributed by atoms with Gasteiger partial charge in [0.2, 0.25) is 11.7 Å². The summed E-state index contributed by atoms with van der Waals surface area (Å²) in [6.07, 6.45) is 0. The lowest BCUT2D eigenvalue weighted by molar-refractivity contribution is -0.122. The number of hydrogen-bond acceptors (Lipinski definition) is 8. The number of halogens is 1. The number of nitrogens with zero attached hydrogens (tertiary/aromatic N) is 4. The molecule has 1 aromatic heterocycles. The zero-order chi connectivity index (χ0) is 22.4. The number of hydrogen-bond donors (Lipinski definition) is 4. The molecule has 1 fully saturated rings. The van der Waals surface area contributed by atoms with Crippen LogP contribution in [-0.2, 0) is 17.9 Å². The summed E-state index contributed by atoms with van der Waals surface area (Å²) in [7, 11) is 2.03. The average Bonchev–Trinajstić information content (AvgIpc) is 2.75. The van der Waals surface area contributed by atoms with Gasteiger partial charge in [-0.1, -0.05) is 12.1 Å². The largest absolute Gasteiger partial charge is 0.501 e. The first-order valence-corrected chi connectivity index (χ1v) is 9.81. The summed E-state index contributed by atoms with van der Waals surface area (Å²) in [4.78, 5) is 36.5. The Morgan fingerprint density at radius 2 is 1.71 bits per heavy atom. The Hall–Kier alpha value is -3.31. The molecule has 166 valence electrons. The fourth-order valence-corrected chi connectivity index (χ4v) is 3.04. The molecule has 1 aromatic carbocycles. The van der Waals surface area contributed by atoms with Gasteiger partial charge < -0.3 is 25.7 Å². The molecule has 3 rings (SSSR count). The Kier molecular flexibility index (Phi) is 7.32. The van der Waals surface area contributed by atoms with Crippen LogP contribution in [0.3, 0.4) is 0 Å². The van der Waals surface area contributed by atoms with Gasteiger partial charge in [-0.3, -0.25) is 14.5 Å². The minimum Gasteiger partial charge on any atom is -0.501 e. The predicted molar refractivity (Wildman–Crippen MR) is 109 cm³/mol. The molecule has 0 unspecified atom stereocenters. The van der Waals surface area contributed by atoms with E-state index in [1.165, 1.54) is 24.3 Å². The van der Waals surface area contributed by atoms with Crippen molar-refractivity contribution in [1.29, 1.82) is 0 Å². The second-order valence-corrected chi connectivity index (χ2v) is 7.33. The lowest BCUT2D eigenvalue weighted by Crippen LogP contribution is -2.48. The molecule has 1 saturated heterocycles. The molecular weight excluding hydrogens is 407 g/mol. The summed E-state index contributed by atoms with van der Waals surface area (Å²) in [5, 5.41) is 25.0. The van der Waals surface area contributed by atoms with Crippen LogP contribution < -0.4 is 10.6 Å². The molecule has 2 amide bonds. The Morgan fingerprint density at radius 3 is 2.39 bits per heavy atom. The van der Waals surface area contributed by atoms with E-state index >= 15 is 0 Å². The molecule has 0 atom stereocenters. The molecule has 0 aliphatic carbocycles. The monoisotopic (exact) mass is 432 g/mol. The third-order valence-electron chi connectivity index (χ3n) is 4.90. The third-order valence-corrected chi connectivity index (χ3v) is 4.90. The van der Waals surface area contributed by atoms with Crippen LogP contribution in [0.15, 0.2) is 24.3 Å². The van der Waals surface area contributed by atoms with Crippen molar-refractivity contribution >= 4 is 11.8 Å². The van der Waals surface area contributed by atoms with Crippen LogP contribution in [0.4, 0.5) is 4.39 Å². The minimum atomic E-state index is -0.760. The van der Waals surface area contributed by atoms with Crippen molar-refractivity contribution in [3.63, 3.8) is 0 Å². The van der Waals surface area contributed by atoms with Crippen molar-refractivity contribution in [1.82, 2.24) is 30.4 Å². The van der Waals surface area contributed by atoms with Gasteiger partial charge in [0, 0.05) is 32.7 Å². The van der Waals surface area contributed by atoms with E-state index in [1.54, 1.807) is 0 Å². The van der Waals surface area contributed by atoms with E-state index in [9.17, 15) is 24.2 Å². The highest BCUT2D eigenvalue weighted by atomic mass is 19.1. The summed E-state index contributed by atoms with van der Waals surface area (Å²) in [5.41, 5.74) is 0.224. The first kappa shape index (κ1) is 22.4. The van der Waals surface area contributed by atoms with Gasteiger partial charge in [-0.05, 0) is 24.7 Å². The van der Waals surface area contributed by atoms with Crippen LogP contribution in [0.5, 0.6) is 11.6 Å². The molecule has 31 heavy (non-hydrogen) atoms. The highest BCUT2D eigenvalue weighted by Gasteiger charge is 2.21. The zero-order valence-corrected chi connectivity index (χ0v) is 17.1. The molecule has 10 nitrogen and oxygen atoms in total. The minimum absolute atomic E-state index is 0.0195. The van der Waals surface area contributed by atoms with Gasteiger partial charge >= 0.3 is 0 Å². The number of aromatic nitrogens is 2. The smallest absolute Gasteiger partial charge is 0.274 e. The predicted octanol–water partition coefficient (Wildman–Crippen LogP) is -0.179. The van der Waals surface area contributed by atoms with Gasteiger partial charge in [0.15, 0.2) is 11.5 Å². The van der Waals surface area contributed by atoms with Gasteiger partial charge in [0.25, 0.3) is 11.8 Å². The summed E-state index contributed by atoms with van der Waals surface area (Å²) in [6, 6.07) is 5.54. The summed E-state index contributed by atoms with van der Waals surface area (Å²) in [5.74, 6) is -2.91. The van der Waals surface area contributed by atoms with Gasteiger partial charge in [-0.15, -0.1) is 0 Å². The Morgan fingerprint density at radius 1 is 1.03 bits per heavy atom. The van der Waals surface area contributed by atoms with Crippen molar-refractivity contribution in [2.75, 3.05) is 39.8 Å². The Balaban J connectivity index is 1.57. The number of carbonyl (C=O) groups excluding carboxylic acids is 2. The number of nitrogens with one attached hydrogen (secondary N) is 2. The second kappa shape index (κ2) is 10.1. The molecule has 0 saturated carbocycles. The van der Waals surface area contributed by atoms with Crippen molar-refractivity contribution in [3.05, 3.63) is 47.2 Å². The van der Waals surface area contributed by atoms with Crippen molar-refractivity contribution in [2.24, 2.45) is 0 Å². The van der Waals surface area contributed by atoms with E-state index in [-0.39, 0.29) is 31.4 Å². The Labute approximate surface area is 178 Å². The van der Waals surface area contributed by atoms with Crippen LogP contribution >= 0.6 is 0 Å². The molecule has 4 N–H and O–H groups in total. The number of rotatable bonds is 7. The summed E-state index contributed by atoms with van der Waals surface area (Å²) < 4.78 is 13.0. The highest BCUT2D eigenvalue weighted by Crippen LogP contribution is 2.25. The molecule has 0 bridgehead atoms. The van der Waals surface area contributed by atoms with Crippen LogP contribution in [-0.4, -0.2) is 81.6 Å². The van der Waals surface area contributed by atoms with Crippen molar-refractivity contribution in [3.8, 4) is 11.6 Å². The molecule has 1 aliphatic heterocycles. The molecular formula is C20H25FN6O4. The average molecular weight is 432 g/mol. The molecule has 1 aliphatic rings. The number of aromatic hydroxyl groups is 2. The van der Waals surface area contributed by atoms with Gasteiger partial charge in [-0.2, -0.15) is 4.98 Å². The zero-order valence-electron chi connectivity index (χ0n) is 17.1. The third kappa shape index (κ3) is 6.33. The molecule has 0 spiro atoms. The number of likely N-dealkylation sites (N-methyl/N-ethyl adjacent to an activating group) is 1. The van der Waals surface area contributed by atoms with Gasteiger partial charge in [0.05, 0.1) is 13.1 Å². The van der Waals surface area contributed by atoms with E-state index in [0.717, 1.165) is 26.2 Å². The molecule has 0 radical (unpaired) electrons. The number of carbonyl (C=O) groups is 2. The topological polar surface area (TPSA) is 131 Å². The highest BCUT2D eigenvalue weighted by molar-refractivity contribution is 5.95. The van der Waals surface area contributed by atoms with Gasteiger partial charge in [-0.25, -0.2) is 9.37 Å². The lowest BCUT2D eigenvalue weighted by atomic mass is 10.2. The van der Waals surface area contributed by atoms with E-state index in [2.05, 4.69) is 25.5 Å². The van der Waals surface area contributed by atoms with E-state index in [0.29, 0.717) is 5.56 Å². The van der Waals surface area contributed by atoms with Crippen LogP contribution in [0.25, 0.3) is 0 Å². The standard InChI is InChI=1S/C20H25FN6O4/c1-26-6-8-27(9-7-26)12-16(28)22-11-15-24-17(18(29)20(31)25-15)19(30)23-10-13-2-4-14(21)5-3-13/h2-5,29H,6-12H2,1H3,(H,22,28)(H,23,30)(H,24,25,31). The maximum atomic E-state index is 13.0. The number of amides is 2. The normalized spacial score (nSPS) is 14.9. The maximum Gasteiger partial charge on any atom is 0.274 e. The van der Waals surface area contributed by atoms with Crippen molar-refractivity contribution < 1.29 is 24.2 Å². The van der Waals surface area contributed by atoms with Crippen LogP contribution in [0.2, 0.25) is 0 Å².